The Balaban J connectivity index is 1.51. The van der Waals surface area contributed by atoms with Crippen LogP contribution >= 0.6 is 0 Å². The van der Waals surface area contributed by atoms with Crippen molar-refractivity contribution >= 4 is 16.8 Å². The number of fused-ring (bicyclic) bond motifs is 1. The number of para-hydroxylation sites is 1. The van der Waals surface area contributed by atoms with Crippen molar-refractivity contribution in [1.29, 1.82) is 0 Å². The molecular weight excluding hydrogens is 324 g/mol. The van der Waals surface area contributed by atoms with Crippen LogP contribution in [0.3, 0.4) is 0 Å². The number of benzene rings is 2. The number of rotatable bonds is 7. The topological polar surface area (TPSA) is 62.0 Å². The van der Waals surface area contributed by atoms with Gasteiger partial charge in [0, 0.05) is 35.1 Å². The van der Waals surface area contributed by atoms with Gasteiger partial charge in [-0.1, -0.05) is 42.5 Å². The van der Waals surface area contributed by atoms with Crippen molar-refractivity contribution in [2.24, 2.45) is 0 Å². The second-order valence-electron chi connectivity index (χ2n) is 6.54. The molecule has 0 atom stereocenters. The molecule has 0 aliphatic carbocycles. The lowest BCUT2D eigenvalue weighted by Crippen LogP contribution is -2.25. The summed E-state index contributed by atoms with van der Waals surface area (Å²) in [4.78, 5) is 27.8. The number of carbonyl (C=O) groups excluding carboxylic acids is 1. The Labute approximate surface area is 153 Å². The number of H-pyrrole nitrogens is 1. The molecule has 3 aromatic rings. The average molecular weight is 348 g/mol. The Morgan fingerprint density at radius 1 is 1.00 bits per heavy atom. The number of hydrogen-bond acceptors (Lipinski definition) is 2. The maximum Gasteiger partial charge on any atom is 0.220 e. The van der Waals surface area contributed by atoms with Crippen LogP contribution in [-0.4, -0.2) is 17.4 Å². The minimum atomic E-state index is 0.0199. The van der Waals surface area contributed by atoms with Gasteiger partial charge in [-0.05, 0) is 43.9 Å². The lowest BCUT2D eigenvalue weighted by atomic mass is 10.1. The molecule has 0 radical (unpaired) electrons. The molecule has 0 saturated heterocycles. The summed E-state index contributed by atoms with van der Waals surface area (Å²) in [5.74, 6) is 0.0199. The maximum absolute atomic E-state index is 12.4. The molecule has 0 unspecified atom stereocenters. The van der Waals surface area contributed by atoms with Gasteiger partial charge in [-0.3, -0.25) is 9.59 Å². The van der Waals surface area contributed by atoms with Crippen LogP contribution in [0, 0.1) is 6.92 Å². The standard InChI is InChI=1S/C22H24N2O2/c1-16-19(24-20-12-6-5-11-18(20)22(16)26)13-14-21(25)23-15-7-10-17-8-3-2-4-9-17/h2-6,8-9,11-12H,7,10,13-15H2,1H3,(H,23,25)(H,24,26). The SMILES string of the molecule is Cc1c(CCC(=O)NCCCc2ccccc2)[nH]c2ccccc2c1=O. The van der Waals surface area contributed by atoms with E-state index in [1.807, 2.05) is 49.4 Å². The second kappa shape index (κ2) is 8.48. The first-order chi connectivity index (χ1) is 12.6. The van der Waals surface area contributed by atoms with E-state index in [1.54, 1.807) is 0 Å². The van der Waals surface area contributed by atoms with Gasteiger partial charge in [0.05, 0.1) is 0 Å². The van der Waals surface area contributed by atoms with E-state index in [-0.39, 0.29) is 11.3 Å². The zero-order valence-corrected chi connectivity index (χ0v) is 15.0. The largest absolute Gasteiger partial charge is 0.358 e. The molecule has 1 heterocycles. The van der Waals surface area contributed by atoms with Gasteiger partial charge in [-0.2, -0.15) is 0 Å². The number of carbonyl (C=O) groups is 1. The summed E-state index contributed by atoms with van der Waals surface area (Å²) in [5, 5.41) is 3.66. The minimum absolute atomic E-state index is 0.0199. The Morgan fingerprint density at radius 2 is 1.73 bits per heavy atom. The van der Waals surface area contributed by atoms with Crippen LogP contribution in [0.5, 0.6) is 0 Å². The van der Waals surface area contributed by atoms with Gasteiger partial charge >= 0.3 is 0 Å². The van der Waals surface area contributed by atoms with E-state index in [0.717, 1.165) is 24.1 Å². The third-order valence-electron chi connectivity index (χ3n) is 4.66. The summed E-state index contributed by atoms with van der Waals surface area (Å²) in [6, 6.07) is 17.7. The first-order valence-electron chi connectivity index (χ1n) is 9.06. The number of hydrogen-bond donors (Lipinski definition) is 2. The van der Waals surface area contributed by atoms with Gasteiger partial charge in [0.1, 0.15) is 0 Å². The van der Waals surface area contributed by atoms with Gasteiger partial charge in [0.25, 0.3) is 0 Å². The van der Waals surface area contributed by atoms with Gasteiger partial charge in [-0.25, -0.2) is 0 Å². The van der Waals surface area contributed by atoms with E-state index >= 15 is 0 Å². The lowest BCUT2D eigenvalue weighted by molar-refractivity contribution is -0.121. The monoisotopic (exact) mass is 348 g/mol. The van der Waals surface area contributed by atoms with Crippen molar-refractivity contribution in [3.8, 4) is 0 Å². The van der Waals surface area contributed by atoms with Crippen LogP contribution in [0.1, 0.15) is 29.7 Å². The van der Waals surface area contributed by atoms with Crippen molar-refractivity contribution in [2.75, 3.05) is 6.54 Å². The molecule has 134 valence electrons. The van der Waals surface area contributed by atoms with Crippen LogP contribution in [0.4, 0.5) is 0 Å². The fraction of sp³-hybridized carbons (Fsp3) is 0.273. The number of amides is 1. The predicted molar refractivity (Wildman–Crippen MR) is 105 cm³/mol. The first kappa shape index (κ1) is 17.9. The molecule has 0 aliphatic heterocycles. The van der Waals surface area contributed by atoms with Crippen molar-refractivity contribution < 1.29 is 4.79 Å². The fourth-order valence-corrected chi connectivity index (χ4v) is 3.13. The number of pyridine rings is 1. The number of aromatic nitrogens is 1. The number of aryl methyl sites for hydroxylation is 2. The van der Waals surface area contributed by atoms with Crippen molar-refractivity contribution in [2.45, 2.75) is 32.6 Å². The molecule has 1 amide bonds. The van der Waals surface area contributed by atoms with E-state index in [1.165, 1.54) is 5.56 Å². The Bertz CT molecular complexity index is 945. The molecule has 0 saturated carbocycles. The predicted octanol–water partition coefficient (Wildman–Crippen LogP) is 3.52. The van der Waals surface area contributed by atoms with E-state index in [0.29, 0.717) is 30.3 Å². The number of aromatic amines is 1. The summed E-state index contributed by atoms with van der Waals surface area (Å²) in [5.41, 5.74) is 3.68. The van der Waals surface area contributed by atoms with Gasteiger partial charge in [0.15, 0.2) is 5.43 Å². The molecule has 4 heteroatoms. The van der Waals surface area contributed by atoms with Gasteiger partial charge in [-0.15, -0.1) is 0 Å². The zero-order chi connectivity index (χ0) is 18.4. The van der Waals surface area contributed by atoms with Gasteiger partial charge < -0.3 is 10.3 Å². The Kier molecular flexibility index (Phi) is 5.84. The molecule has 4 nitrogen and oxygen atoms in total. The highest BCUT2D eigenvalue weighted by Crippen LogP contribution is 2.12. The van der Waals surface area contributed by atoms with Crippen molar-refractivity contribution in [3.05, 3.63) is 81.6 Å². The van der Waals surface area contributed by atoms with Crippen molar-refractivity contribution in [3.63, 3.8) is 0 Å². The van der Waals surface area contributed by atoms with Crippen LogP contribution in [0.15, 0.2) is 59.4 Å². The minimum Gasteiger partial charge on any atom is -0.358 e. The second-order valence-corrected chi connectivity index (χ2v) is 6.54. The molecule has 3 rings (SSSR count). The van der Waals surface area contributed by atoms with E-state index in [2.05, 4.69) is 22.4 Å². The molecule has 1 aromatic heterocycles. The van der Waals surface area contributed by atoms with Crippen LogP contribution < -0.4 is 10.7 Å². The highest BCUT2D eigenvalue weighted by atomic mass is 16.1. The van der Waals surface area contributed by atoms with Crippen LogP contribution in [-0.2, 0) is 17.6 Å². The van der Waals surface area contributed by atoms with Gasteiger partial charge in [0.2, 0.25) is 5.91 Å². The maximum atomic E-state index is 12.4. The van der Waals surface area contributed by atoms with Crippen molar-refractivity contribution in [1.82, 2.24) is 10.3 Å². The molecule has 0 bridgehead atoms. The summed E-state index contributed by atoms with van der Waals surface area (Å²) in [7, 11) is 0. The summed E-state index contributed by atoms with van der Waals surface area (Å²) in [6.45, 7) is 2.49. The lowest BCUT2D eigenvalue weighted by Gasteiger charge is -2.09. The molecule has 2 aromatic carbocycles. The highest BCUT2D eigenvalue weighted by Gasteiger charge is 2.09. The average Bonchev–Trinajstić information content (AvgIpc) is 2.68. The molecule has 0 spiro atoms. The third-order valence-corrected chi connectivity index (χ3v) is 4.66. The molecule has 0 fully saturated rings. The number of nitrogens with one attached hydrogen (secondary N) is 2. The summed E-state index contributed by atoms with van der Waals surface area (Å²) >= 11 is 0. The first-order valence-corrected chi connectivity index (χ1v) is 9.06. The van der Waals surface area contributed by atoms with E-state index in [4.69, 9.17) is 0 Å². The molecular formula is C22H24N2O2. The molecule has 0 aliphatic rings. The van der Waals surface area contributed by atoms with E-state index < -0.39 is 0 Å². The quantitative estimate of drug-likeness (QED) is 0.642. The summed E-state index contributed by atoms with van der Waals surface area (Å²) < 4.78 is 0. The Hall–Kier alpha value is -2.88. The zero-order valence-electron chi connectivity index (χ0n) is 15.0. The highest BCUT2D eigenvalue weighted by molar-refractivity contribution is 5.79. The molecule has 2 N–H and O–H groups in total. The summed E-state index contributed by atoms with van der Waals surface area (Å²) in [6.07, 6.45) is 2.79. The fourth-order valence-electron chi connectivity index (χ4n) is 3.13. The van der Waals surface area contributed by atoms with Crippen LogP contribution in [0.2, 0.25) is 0 Å². The third kappa shape index (κ3) is 4.39. The van der Waals surface area contributed by atoms with E-state index in [9.17, 15) is 9.59 Å². The van der Waals surface area contributed by atoms with Crippen LogP contribution in [0.25, 0.3) is 10.9 Å². The normalized spacial score (nSPS) is 10.8. The smallest absolute Gasteiger partial charge is 0.220 e. The Morgan fingerprint density at radius 3 is 2.54 bits per heavy atom. The molecule has 26 heavy (non-hydrogen) atoms.